The zero-order valence-corrected chi connectivity index (χ0v) is 41.2. The van der Waals surface area contributed by atoms with Gasteiger partial charge in [-0.15, -0.1) is 0 Å². The number of hydrogen-bond donors (Lipinski definition) is 2. The van der Waals surface area contributed by atoms with E-state index in [2.05, 4.69) is 166 Å². The smallest absolute Gasteiger partial charge is 0.141 e. The molecule has 4 atom stereocenters. The number of fused-ring (bicyclic) bond motifs is 8. The fourth-order valence-corrected chi connectivity index (χ4v) is 12.0. The van der Waals surface area contributed by atoms with Crippen LogP contribution in [0.3, 0.4) is 0 Å². The zero-order valence-electron chi connectivity index (χ0n) is 41.2. The average Bonchev–Trinajstić information content (AvgIpc) is 4.08. The molecular formula is C60H58N8. The molecule has 5 heterocycles. The summed E-state index contributed by atoms with van der Waals surface area (Å²) in [5.74, 6) is 2.49. The lowest BCUT2D eigenvalue weighted by molar-refractivity contribution is 0.590. The number of H-pyrrole nitrogens is 2. The molecule has 8 heteroatoms. The second kappa shape index (κ2) is 13.5. The van der Waals surface area contributed by atoms with Crippen LogP contribution in [0.2, 0.25) is 0 Å². The van der Waals surface area contributed by atoms with Crippen molar-refractivity contribution in [2.75, 3.05) is 0 Å². The fourth-order valence-electron chi connectivity index (χ4n) is 12.0. The van der Waals surface area contributed by atoms with E-state index in [4.69, 9.17) is 29.9 Å². The van der Waals surface area contributed by atoms with Crippen molar-refractivity contribution in [3.63, 3.8) is 0 Å². The van der Waals surface area contributed by atoms with Gasteiger partial charge in [0.2, 0.25) is 0 Å². The van der Waals surface area contributed by atoms with Crippen molar-refractivity contribution in [3.05, 3.63) is 165 Å². The van der Waals surface area contributed by atoms with Gasteiger partial charge < -0.3 is 9.97 Å². The molecule has 4 aliphatic carbocycles. The molecular weight excluding hydrogens is 833 g/mol. The third kappa shape index (κ3) is 5.97. The molecule has 0 fully saturated rings. The van der Waals surface area contributed by atoms with Crippen molar-refractivity contribution in [2.24, 2.45) is 0 Å². The van der Waals surface area contributed by atoms with Gasteiger partial charge in [0.15, 0.2) is 0 Å². The Morgan fingerprint density at radius 3 is 0.706 bits per heavy atom. The number of aromatic nitrogens is 8. The highest BCUT2D eigenvalue weighted by Gasteiger charge is 2.47. The molecule has 3 aromatic heterocycles. The van der Waals surface area contributed by atoms with E-state index in [9.17, 15) is 0 Å². The lowest BCUT2D eigenvalue weighted by Crippen LogP contribution is -2.20. The van der Waals surface area contributed by atoms with Crippen LogP contribution in [-0.4, -0.2) is 39.9 Å². The Balaban J connectivity index is 1.08. The monoisotopic (exact) mass is 890 g/mol. The Hall–Kier alpha value is -6.80. The van der Waals surface area contributed by atoms with E-state index in [0.717, 1.165) is 23.3 Å². The number of rotatable bonds is 0. The van der Waals surface area contributed by atoms with E-state index in [1.165, 1.54) is 87.6 Å². The Morgan fingerprint density at radius 2 is 0.500 bits per heavy atom. The molecule has 9 aromatic rings. The van der Waals surface area contributed by atoms with Gasteiger partial charge in [0.1, 0.15) is 45.9 Å². The summed E-state index contributed by atoms with van der Waals surface area (Å²) in [6.45, 7) is 27.5. The maximum absolute atomic E-state index is 5.42. The minimum atomic E-state index is -0.127. The Labute approximate surface area is 397 Å². The molecule has 12 bridgehead atoms. The number of nitrogens with one attached hydrogen (secondary N) is 2. The van der Waals surface area contributed by atoms with Gasteiger partial charge in [-0.25, -0.2) is 29.9 Å². The van der Waals surface area contributed by atoms with Crippen LogP contribution in [-0.2, 0) is 21.7 Å². The molecule has 0 saturated heterocycles. The molecule has 0 radical (unpaired) electrons. The molecule has 338 valence electrons. The molecule has 0 spiro atoms. The van der Waals surface area contributed by atoms with Crippen LogP contribution >= 0.6 is 0 Å². The van der Waals surface area contributed by atoms with E-state index in [0.29, 0.717) is 22.6 Å². The summed E-state index contributed by atoms with van der Waals surface area (Å²) < 4.78 is 0. The van der Waals surface area contributed by atoms with Crippen molar-refractivity contribution in [2.45, 2.75) is 128 Å². The number of aromatic amines is 2. The van der Waals surface area contributed by atoms with Crippen molar-refractivity contribution in [3.8, 4) is 0 Å². The van der Waals surface area contributed by atoms with Gasteiger partial charge in [-0.2, -0.15) is 0 Å². The summed E-state index contributed by atoms with van der Waals surface area (Å²) in [5.41, 5.74) is 13.1. The normalized spacial score (nSPS) is 18.9. The molecule has 0 amide bonds. The second-order valence-corrected chi connectivity index (χ2v) is 24.2. The van der Waals surface area contributed by atoms with E-state index in [1.54, 1.807) is 0 Å². The van der Waals surface area contributed by atoms with E-state index >= 15 is 0 Å². The minimum Gasteiger partial charge on any atom is -0.325 e. The van der Waals surface area contributed by atoms with Crippen molar-refractivity contribution in [1.82, 2.24) is 39.9 Å². The van der Waals surface area contributed by atoms with Crippen LogP contribution in [0.25, 0.3) is 65.7 Å². The molecule has 2 aliphatic heterocycles. The van der Waals surface area contributed by atoms with Gasteiger partial charge in [0.25, 0.3) is 0 Å². The predicted molar refractivity (Wildman–Crippen MR) is 277 cm³/mol. The van der Waals surface area contributed by atoms with Gasteiger partial charge in [-0.1, -0.05) is 156 Å². The van der Waals surface area contributed by atoms with Crippen LogP contribution in [0, 0.1) is 0 Å². The summed E-state index contributed by atoms with van der Waals surface area (Å²) >= 11 is 0. The topological polar surface area (TPSA) is 109 Å². The van der Waals surface area contributed by atoms with Crippen molar-refractivity contribution < 1.29 is 0 Å². The highest BCUT2D eigenvalue weighted by molar-refractivity contribution is 6.11. The number of nitrogens with zero attached hydrogens (tertiary/aromatic N) is 6. The highest BCUT2D eigenvalue weighted by Crippen LogP contribution is 2.59. The minimum absolute atomic E-state index is 0.0164. The van der Waals surface area contributed by atoms with Gasteiger partial charge >= 0.3 is 0 Å². The van der Waals surface area contributed by atoms with Crippen LogP contribution in [0.1, 0.15) is 175 Å². The molecule has 2 N–H and O–H groups in total. The first-order valence-corrected chi connectivity index (χ1v) is 24.4. The molecule has 15 rings (SSSR count). The summed E-state index contributed by atoms with van der Waals surface area (Å²) in [6, 6.07) is 36.5. The molecule has 0 saturated carbocycles. The summed E-state index contributed by atoms with van der Waals surface area (Å²) in [6.07, 6.45) is 0. The predicted octanol–water partition coefficient (Wildman–Crippen LogP) is 14.3. The second-order valence-electron chi connectivity index (χ2n) is 24.2. The van der Waals surface area contributed by atoms with Crippen LogP contribution in [0.5, 0.6) is 0 Å². The SMILES string of the molecule is CC(C)(C)c1ccc2c3c4cc(C(C)(C)C)ccc4c(c2c1)C1c2nc(nc4ccc(nc5nc(nc6ccc(n2)[nH]6)C2c6c7ccc(C(C)(C)C)cc7c(c7ccc(C(C)(C)C)cc67)C52)[nH]4)C31. The highest BCUT2D eigenvalue weighted by atomic mass is 15.1. The van der Waals surface area contributed by atoms with Gasteiger partial charge in [-0.3, -0.25) is 0 Å². The maximum Gasteiger partial charge on any atom is 0.141 e. The van der Waals surface area contributed by atoms with E-state index in [1.807, 2.05) is 24.3 Å². The van der Waals surface area contributed by atoms with Gasteiger partial charge in [-0.05, 0) is 134 Å². The van der Waals surface area contributed by atoms with Gasteiger partial charge in [0, 0.05) is 0 Å². The van der Waals surface area contributed by atoms with Gasteiger partial charge in [0.05, 0.1) is 23.7 Å². The largest absolute Gasteiger partial charge is 0.325 e. The molecule has 8 nitrogen and oxygen atoms in total. The first kappa shape index (κ1) is 41.4. The summed E-state index contributed by atoms with van der Waals surface area (Å²) in [5, 5.41) is 10.1. The Morgan fingerprint density at radius 1 is 0.279 bits per heavy atom. The molecule has 68 heavy (non-hydrogen) atoms. The molecule has 4 unspecified atom stereocenters. The first-order valence-electron chi connectivity index (χ1n) is 24.4. The fraction of sp³-hybridized carbons (Fsp3) is 0.333. The zero-order chi connectivity index (χ0) is 47.1. The maximum atomic E-state index is 5.42. The van der Waals surface area contributed by atoms with Crippen molar-refractivity contribution in [1.29, 1.82) is 0 Å². The first-order chi connectivity index (χ1) is 32.2. The van der Waals surface area contributed by atoms with Crippen LogP contribution in [0.15, 0.2) is 97.1 Å². The Bertz CT molecular complexity index is 3380. The standard InChI is InChI=1S/C60H58N8/c1-57(2,3)29-13-17-33-37(25-29)45-34-18-14-30(58(4,5)6)26-38(34)46(33)50-49(45)53-63-41-21-22-43(61-41)65-55-51-47-35-19-15-32(60(10,11)12)28-40(35)48(36-20-16-31(27-39(36)47)59(7,8)9)52(51)56(68-55)66-44-24-23-42(62-44)64-54(50)67-53/h13-28,49-52H,1-12H3,(H2,61,62,63,64,65,66,67,68). The van der Waals surface area contributed by atoms with E-state index in [-0.39, 0.29) is 45.3 Å². The Kier molecular flexibility index (Phi) is 8.19. The molecule has 6 aliphatic rings. The third-order valence-corrected chi connectivity index (χ3v) is 15.6. The summed E-state index contributed by atoms with van der Waals surface area (Å²) in [4.78, 5) is 39.7. The number of benzene rings is 6. The van der Waals surface area contributed by atoms with E-state index < -0.39 is 0 Å². The lowest BCUT2D eigenvalue weighted by atomic mass is 9.67. The van der Waals surface area contributed by atoms with Crippen LogP contribution in [0.4, 0.5) is 0 Å². The summed E-state index contributed by atoms with van der Waals surface area (Å²) in [7, 11) is 0. The average molecular weight is 891 g/mol. The van der Waals surface area contributed by atoms with Crippen LogP contribution < -0.4 is 0 Å². The molecule has 6 aromatic carbocycles. The quantitative estimate of drug-likeness (QED) is 0.147. The van der Waals surface area contributed by atoms with Crippen molar-refractivity contribution >= 4 is 65.7 Å². The lowest BCUT2D eigenvalue weighted by Gasteiger charge is -2.34. The number of hydrogen-bond acceptors (Lipinski definition) is 6. The third-order valence-electron chi connectivity index (χ3n) is 15.6.